The fourth-order valence-corrected chi connectivity index (χ4v) is 8.58. The fraction of sp³-hybridized carbons (Fsp3) is 0.243. The van der Waals surface area contributed by atoms with Crippen LogP contribution in [-0.4, -0.2) is 36.0 Å². The second-order valence-electron chi connectivity index (χ2n) is 12.3. The average Bonchev–Trinajstić information content (AvgIpc) is 3.59. The number of ketones is 1. The number of anilines is 1. The summed E-state index contributed by atoms with van der Waals surface area (Å²) in [7, 11) is -3.83. The molecule has 0 N–H and O–H groups in total. The number of halogens is 3. The molecular formula is C37H32Cl2FN3O3S. The van der Waals surface area contributed by atoms with Gasteiger partial charge in [0.05, 0.1) is 28.6 Å². The Morgan fingerprint density at radius 1 is 0.851 bits per heavy atom. The van der Waals surface area contributed by atoms with Crippen LogP contribution in [0.3, 0.4) is 0 Å². The maximum atomic E-state index is 15.8. The van der Waals surface area contributed by atoms with E-state index in [-0.39, 0.29) is 17.9 Å². The predicted molar refractivity (Wildman–Crippen MR) is 186 cm³/mol. The smallest absolute Gasteiger partial charge is 0.242 e. The Kier molecular flexibility index (Phi) is 8.68. The summed E-state index contributed by atoms with van der Waals surface area (Å²) < 4.78 is 43.3. The summed E-state index contributed by atoms with van der Waals surface area (Å²) in [4.78, 5) is 16.7. The molecule has 5 aromatic rings. The Hall–Kier alpha value is -3.98. The lowest BCUT2D eigenvalue weighted by molar-refractivity contribution is -0.114. The third-order valence-electron chi connectivity index (χ3n) is 9.10. The first-order valence-electron chi connectivity index (χ1n) is 15.7. The molecule has 0 bridgehead atoms. The van der Waals surface area contributed by atoms with Crippen molar-refractivity contribution in [2.45, 2.75) is 44.4 Å². The summed E-state index contributed by atoms with van der Waals surface area (Å²) in [5, 5.41) is 0.895. The van der Waals surface area contributed by atoms with E-state index in [9.17, 15) is 13.2 Å². The minimum absolute atomic E-state index is 0.0992. The van der Waals surface area contributed by atoms with Crippen LogP contribution >= 0.6 is 23.2 Å². The molecule has 47 heavy (non-hydrogen) atoms. The zero-order chi connectivity index (χ0) is 32.7. The summed E-state index contributed by atoms with van der Waals surface area (Å²) >= 11 is 12.7. The van der Waals surface area contributed by atoms with Gasteiger partial charge in [-0.05, 0) is 71.3 Å². The number of nitrogens with zero attached hydrogens (tertiary/aromatic N) is 3. The lowest BCUT2D eigenvalue weighted by Crippen LogP contribution is -2.25. The van der Waals surface area contributed by atoms with E-state index in [0.717, 1.165) is 27.1 Å². The van der Waals surface area contributed by atoms with E-state index < -0.39 is 27.4 Å². The van der Waals surface area contributed by atoms with Gasteiger partial charge in [0.1, 0.15) is 17.4 Å². The van der Waals surface area contributed by atoms with Gasteiger partial charge in [-0.1, -0.05) is 91.0 Å². The number of Topliss-reactive ketones (excluding diaryl/α,β-unsaturated/α-hetero) is 1. The first-order chi connectivity index (χ1) is 22.6. The standard InChI is InChI=1S/C37H32Cl2FN3O3S/c38-29-14-16-32(33(39)19-29)35-22-42(36-17-15-30(20-34(36)40)43-21-31(44)23-47(43,45)46)37(41-35)18-24-6-8-26(9-7-24)28-12-10-27(11-13-28)25-4-2-1-3-5-25/h6-17,19-20,22,25H,1-5,18,21,23H2. The molecule has 1 aromatic heterocycles. The molecule has 1 aliphatic heterocycles. The lowest BCUT2D eigenvalue weighted by atomic mass is 9.83. The van der Waals surface area contributed by atoms with Crippen molar-refractivity contribution in [3.05, 3.63) is 124 Å². The summed E-state index contributed by atoms with van der Waals surface area (Å²) in [5.74, 6) is -0.450. The Morgan fingerprint density at radius 2 is 1.55 bits per heavy atom. The number of sulfonamides is 1. The van der Waals surface area contributed by atoms with Crippen LogP contribution in [0.25, 0.3) is 28.1 Å². The number of rotatable bonds is 7. The van der Waals surface area contributed by atoms with E-state index in [0.29, 0.717) is 39.5 Å². The highest BCUT2D eigenvalue weighted by molar-refractivity contribution is 7.94. The molecule has 1 aliphatic carbocycles. The highest BCUT2D eigenvalue weighted by Gasteiger charge is 2.35. The van der Waals surface area contributed by atoms with E-state index in [4.69, 9.17) is 28.2 Å². The number of imidazole rings is 1. The zero-order valence-electron chi connectivity index (χ0n) is 25.5. The third-order valence-corrected chi connectivity index (χ3v) is 11.3. The molecule has 1 saturated carbocycles. The van der Waals surface area contributed by atoms with Gasteiger partial charge in [0.15, 0.2) is 5.78 Å². The van der Waals surface area contributed by atoms with E-state index in [1.165, 1.54) is 49.8 Å². The quantitative estimate of drug-likeness (QED) is 0.171. The SMILES string of the molecule is O=C1CN(c2ccc(-n3cc(-c4ccc(Cl)cc4Cl)nc3Cc3ccc(-c4ccc(C5CCCCC5)cc4)cc3)c(F)c2)S(=O)(=O)C1. The number of benzene rings is 4. The van der Waals surface area contributed by atoms with E-state index in [1.807, 2.05) is 12.1 Å². The first kappa shape index (κ1) is 31.6. The van der Waals surface area contributed by atoms with Crippen molar-refractivity contribution < 1.29 is 17.6 Å². The Balaban J connectivity index is 1.19. The van der Waals surface area contributed by atoms with Crippen LogP contribution in [0.2, 0.25) is 10.0 Å². The Labute approximate surface area is 283 Å². The van der Waals surface area contributed by atoms with Crippen molar-refractivity contribution in [2.75, 3.05) is 16.6 Å². The average molecular weight is 689 g/mol. The summed E-state index contributed by atoms with van der Waals surface area (Å²) in [6.07, 6.45) is 8.60. The van der Waals surface area contributed by atoms with Crippen molar-refractivity contribution in [3.63, 3.8) is 0 Å². The van der Waals surface area contributed by atoms with Gasteiger partial charge in [0.25, 0.3) is 0 Å². The number of hydrogen-bond acceptors (Lipinski definition) is 4. The molecule has 4 aromatic carbocycles. The van der Waals surface area contributed by atoms with Crippen molar-refractivity contribution >= 4 is 44.7 Å². The van der Waals surface area contributed by atoms with Crippen LogP contribution in [0, 0.1) is 5.82 Å². The van der Waals surface area contributed by atoms with Crippen LogP contribution in [0.1, 0.15) is 55.0 Å². The molecule has 0 amide bonds. The lowest BCUT2D eigenvalue weighted by Gasteiger charge is -2.22. The largest absolute Gasteiger partial charge is 0.300 e. The number of carbonyl (C=O) groups excluding carboxylic acids is 1. The molecule has 240 valence electrons. The molecule has 6 nitrogen and oxygen atoms in total. The van der Waals surface area contributed by atoms with Gasteiger partial charge in [-0.15, -0.1) is 0 Å². The molecule has 10 heteroatoms. The van der Waals surface area contributed by atoms with Gasteiger partial charge in [0.2, 0.25) is 10.0 Å². The molecule has 0 atom stereocenters. The molecule has 0 unspecified atom stereocenters. The number of carbonyl (C=O) groups is 1. The summed E-state index contributed by atoms with van der Waals surface area (Å²) in [6, 6.07) is 26.4. The topological polar surface area (TPSA) is 72.3 Å². The van der Waals surface area contributed by atoms with E-state index in [2.05, 4.69) is 36.4 Å². The Morgan fingerprint density at radius 3 is 2.19 bits per heavy atom. The summed E-state index contributed by atoms with van der Waals surface area (Å²) in [6.45, 7) is -0.308. The van der Waals surface area contributed by atoms with E-state index >= 15 is 4.39 Å². The monoisotopic (exact) mass is 687 g/mol. The first-order valence-corrected chi connectivity index (χ1v) is 18.1. The second-order valence-corrected chi connectivity index (χ2v) is 15.0. The molecule has 0 spiro atoms. The zero-order valence-corrected chi connectivity index (χ0v) is 27.8. The van der Waals surface area contributed by atoms with Crippen molar-refractivity contribution in [2.24, 2.45) is 0 Å². The van der Waals surface area contributed by atoms with Crippen LogP contribution in [-0.2, 0) is 21.2 Å². The highest BCUT2D eigenvalue weighted by Crippen LogP contribution is 2.35. The van der Waals surface area contributed by atoms with Crippen molar-refractivity contribution in [3.8, 4) is 28.1 Å². The molecule has 7 rings (SSSR count). The molecule has 1 saturated heterocycles. The minimum Gasteiger partial charge on any atom is -0.300 e. The van der Waals surface area contributed by atoms with Gasteiger partial charge < -0.3 is 0 Å². The fourth-order valence-electron chi connectivity index (χ4n) is 6.64. The van der Waals surface area contributed by atoms with Gasteiger partial charge in [-0.25, -0.2) is 17.8 Å². The van der Waals surface area contributed by atoms with Crippen LogP contribution in [0.4, 0.5) is 10.1 Å². The highest BCUT2D eigenvalue weighted by atomic mass is 35.5. The van der Waals surface area contributed by atoms with Gasteiger partial charge >= 0.3 is 0 Å². The maximum absolute atomic E-state index is 15.8. The van der Waals surface area contributed by atoms with E-state index in [1.54, 1.807) is 29.0 Å². The van der Waals surface area contributed by atoms with Gasteiger partial charge in [-0.2, -0.15) is 0 Å². The predicted octanol–water partition coefficient (Wildman–Crippen LogP) is 9.01. The molecule has 2 heterocycles. The maximum Gasteiger partial charge on any atom is 0.242 e. The van der Waals surface area contributed by atoms with Crippen LogP contribution < -0.4 is 4.31 Å². The molecule has 2 aliphatic rings. The van der Waals surface area contributed by atoms with Gasteiger partial charge in [-0.3, -0.25) is 13.7 Å². The molecule has 0 radical (unpaired) electrons. The minimum atomic E-state index is -3.83. The van der Waals surface area contributed by atoms with Crippen molar-refractivity contribution in [1.29, 1.82) is 0 Å². The number of aromatic nitrogens is 2. The molecular weight excluding hydrogens is 656 g/mol. The van der Waals surface area contributed by atoms with Crippen LogP contribution in [0.15, 0.2) is 91.1 Å². The Bertz CT molecular complexity index is 2070. The summed E-state index contributed by atoms with van der Waals surface area (Å²) in [5.41, 5.74) is 6.12. The normalized spacial score (nSPS) is 16.6. The van der Waals surface area contributed by atoms with Crippen LogP contribution in [0.5, 0.6) is 0 Å². The van der Waals surface area contributed by atoms with Gasteiger partial charge in [0, 0.05) is 29.3 Å². The van der Waals surface area contributed by atoms with Crippen molar-refractivity contribution in [1.82, 2.24) is 9.55 Å². The molecule has 2 fully saturated rings. The number of hydrogen-bond donors (Lipinski definition) is 0. The second kappa shape index (κ2) is 12.9. The third kappa shape index (κ3) is 6.59.